The lowest BCUT2D eigenvalue weighted by molar-refractivity contribution is -0.142. The van der Waals surface area contributed by atoms with Gasteiger partial charge in [0.05, 0.1) is 12.1 Å². The summed E-state index contributed by atoms with van der Waals surface area (Å²) >= 11 is 0. The highest BCUT2D eigenvalue weighted by Crippen LogP contribution is 2.24. The van der Waals surface area contributed by atoms with E-state index in [0.717, 1.165) is 0 Å². The minimum absolute atomic E-state index is 0.0341. The van der Waals surface area contributed by atoms with Crippen molar-refractivity contribution in [2.24, 2.45) is 11.8 Å². The normalized spacial score (nSPS) is 23.7. The van der Waals surface area contributed by atoms with Crippen molar-refractivity contribution >= 4 is 11.9 Å². The summed E-state index contributed by atoms with van der Waals surface area (Å²) in [6, 6.07) is 0. The molecule has 0 aromatic carbocycles. The predicted octanol–water partition coefficient (Wildman–Crippen LogP) is 0.269. The van der Waals surface area contributed by atoms with Gasteiger partial charge in [0.2, 0.25) is 0 Å². The zero-order valence-corrected chi connectivity index (χ0v) is 9.41. The summed E-state index contributed by atoms with van der Waals surface area (Å²) in [6.07, 6.45) is 4.33. The van der Waals surface area contributed by atoms with Crippen molar-refractivity contribution in [3.05, 3.63) is 24.3 Å². The molecule has 1 aliphatic rings. The molecule has 17 heavy (non-hydrogen) atoms. The molecule has 0 unspecified atom stereocenters. The van der Waals surface area contributed by atoms with Crippen LogP contribution in [0.3, 0.4) is 0 Å². The Morgan fingerprint density at radius 2 is 2.18 bits per heavy atom. The molecule has 0 radical (unpaired) electrons. The minimum Gasteiger partial charge on any atom is -0.481 e. The van der Waals surface area contributed by atoms with E-state index in [0.29, 0.717) is 6.54 Å². The molecule has 1 aromatic heterocycles. The molecule has 90 valence electrons. The largest absolute Gasteiger partial charge is 0.481 e. The molecular formula is C11H13N3O3. The number of aliphatic carboxylic acids is 1. The van der Waals surface area contributed by atoms with Gasteiger partial charge in [-0.1, -0.05) is 6.92 Å². The van der Waals surface area contributed by atoms with Crippen LogP contribution >= 0.6 is 0 Å². The molecule has 0 saturated carbocycles. The second-order valence-corrected chi connectivity index (χ2v) is 4.22. The van der Waals surface area contributed by atoms with Crippen LogP contribution in [0.2, 0.25) is 0 Å². The topological polar surface area (TPSA) is 83.4 Å². The number of nitrogens with zero attached hydrogens (tertiary/aromatic N) is 3. The van der Waals surface area contributed by atoms with E-state index >= 15 is 0 Å². The SMILES string of the molecule is C[C@@H]1CN(C(=O)c2cnccn2)C[C@H]1C(=O)O. The third-order valence-electron chi connectivity index (χ3n) is 3.00. The number of hydrogen-bond acceptors (Lipinski definition) is 4. The zero-order valence-electron chi connectivity index (χ0n) is 9.41. The third-order valence-corrected chi connectivity index (χ3v) is 3.00. The quantitative estimate of drug-likeness (QED) is 0.795. The van der Waals surface area contributed by atoms with E-state index in [2.05, 4.69) is 9.97 Å². The van der Waals surface area contributed by atoms with Gasteiger partial charge in [0, 0.05) is 25.5 Å². The standard InChI is InChI=1S/C11H13N3O3/c1-7-5-14(6-8(7)11(16)17)10(15)9-4-12-2-3-13-9/h2-4,7-8H,5-6H2,1H3,(H,16,17)/t7-,8-/m1/s1. The molecule has 0 bridgehead atoms. The number of carbonyl (C=O) groups is 2. The fraction of sp³-hybridized carbons (Fsp3) is 0.455. The molecule has 1 N–H and O–H groups in total. The second-order valence-electron chi connectivity index (χ2n) is 4.22. The Bertz CT molecular complexity index is 435. The van der Waals surface area contributed by atoms with E-state index in [1.807, 2.05) is 6.92 Å². The summed E-state index contributed by atoms with van der Waals surface area (Å²) in [7, 11) is 0. The Kier molecular flexibility index (Phi) is 3.03. The third kappa shape index (κ3) is 2.25. The van der Waals surface area contributed by atoms with Gasteiger partial charge in [0.15, 0.2) is 0 Å². The minimum atomic E-state index is -0.855. The van der Waals surface area contributed by atoms with Crippen LogP contribution in [0.5, 0.6) is 0 Å². The Balaban J connectivity index is 2.11. The van der Waals surface area contributed by atoms with E-state index in [1.54, 1.807) is 0 Å². The summed E-state index contributed by atoms with van der Waals surface area (Å²) in [6.45, 7) is 2.53. The van der Waals surface area contributed by atoms with Crippen molar-refractivity contribution in [3.8, 4) is 0 Å². The maximum absolute atomic E-state index is 12.0. The first-order valence-electron chi connectivity index (χ1n) is 5.37. The first-order valence-corrected chi connectivity index (χ1v) is 5.37. The van der Waals surface area contributed by atoms with Crippen molar-refractivity contribution in [3.63, 3.8) is 0 Å². The first kappa shape index (κ1) is 11.5. The molecule has 2 atom stereocenters. The predicted molar refractivity (Wildman–Crippen MR) is 58.2 cm³/mol. The Hall–Kier alpha value is -1.98. The van der Waals surface area contributed by atoms with Crippen molar-refractivity contribution in [1.29, 1.82) is 0 Å². The van der Waals surface area contributed by atoms with Gasteiger partial charge in [-0.25, -0.2) is 4.98 Å². The summed E-state index contributed by atoms with van der Waals surface area (Å²) in [5.74, 6) is -1.63. The van der Waals surface area contributed by atoms with E-state index in [9.17, 15) is 9.59 Å². The average molecular weight is 235 g/mol. The second kappa shape index (κ2) is 4.48. The van der Waals surface area contributed by atoms with E-state index in [-0.39, 0.29) is 24.1 Å². The first-order chi connectivity index (χ1) is 8.09. The van der Waals surface area contributed by atoms with Gasteiger partial charge in [-0.05, 0) is 5.92 Å². The van der Waals surface area contributed by atoms with Crippen LogP contribution in [0, 0.1) is 11.8 Å². The zero-order chi connectivity index (χ0) is 12.4. The molecule has 6 nitrogen and oxygen atoms in total. The molecule has 1 aliphatic heterocycles. The number of aromatic nitrogens is 2. The van der Waals surface area contributed by atoms with Crippen LogP contribution < -0.4 is 0 Å². The maximum Gasteiger partial charge on any atom is 0.308 e. The number of carboxylic acid groups (broad SMARTS) is 1. The summed E-state index contributed by atoms with van der Waals surface area (Å²) in [5.41, 5.74) is 0.255. The molecule has 1 fully saturated rings. The van der Waals surface area contributed by atoms with Gasteiger partial charge in [0.25, 0.3) is 5.91 Å². The highest BCUT2D eigenvalue weighted by molar-refractivity contribution is 5.92. The van der Waals surface area contributed by atoms with Gasteiger partial charge in [0.1, 0.15) is 5.69 Å². The molecule has 0 aliphatic carbocycles. The van der Waals surface area contributed by atoms with Crippen molar-refractivity contribution in [2.75, 3.05) is 13.1 Å². The number of amides is 1. The number of rotatable bonds is 2. The lowest BCUT2D eigenvalue weighted by Gasteiger charge is -2.14. The van der Waals surface area contributed by atoms with Gasteiger partial charge in [-0.15, -0.1) is 0 Å². The van der Waals surface area contributed by atoms with Crippen LogP contribution in [0.4, 0.5) is 0 Å². The molecule has 1 aromatic rings. The number of hydrogen-bond donors (Lipinski definition) is 1. The monoisotopic (exact) mass is 235 g/mol. The molecule has 1 amide bonds. The molecular weight excluding hydrogens is 222 g/mol. The van der Waals surface area contributed by atoms with E-state index < -0.39 is 11.9 Å². The van der Waals surface area contributed by atoms with Crippen LogP contribution in [0.25, 0.3) is 0 Å². The number of carboxylic acids is 1. The number of likely N-dealkylation sites (tertiary alicyclic amines) is 1. The molecule has 2 heterocycles. The smallest absolute Gasteiger partial charge is 0.308 e. The van der Waals surface area contributed by atoms with Crippen molar-refractivity contribution in [2.45, 2.75) is 6.92 Å². The number of carbonyl (C=O) groups excluding carboxylic acids is 1. The van der Waals surface area contributed by atoms with Gasteiger partial charge >= 0.3 is 5.97 Å². The lowest BCUT2D eigenvalue weighted by Crippen LogP contribution is -2.30. The van der Waals surface area contributed by atoms with Crippen LogP contribution in [-0.4, -0.2) is 44.9 Å². The maximum atomic E-state index is 12.0. The summed E-state index contributed by atoms with van der Waals surface area (Å²) in [5, 5.41) is 8.99. The van der Waals surface area contributed by atoms with Gasteiger partial charge in [-0.3, -0.25) is 14.6 Å². The molecule has 2 rings (SSSR count). The fourth-order valence-corrected chi connectivity index (χ4v) is 2.03. The highest BCUT2D eigenvalue weighted by Gasteiger charge is 2.37. The Labute approximate surface area is 98.3 Å². The van der Waals surface area contributed by atoms with Crippen LogP contribution in [-0.2, 0) is 4.79 Å². The summed E-state index contributed by atoms with van der Waals surface area (Å²) < 4.78 is 0. The van der Waals surface area contributed by atoms with E-state index in [1.165, 1.54) is 23.5 Å². The fourth-order valence-electron chi connectivity index (χ4n) is 2.03. The van der Waals surface area contributed by atoms with Crippen molar-refractivity contribution in [1.82, 2.24) is 14.9 Å². The lowest BCUT2D eigenvalue weighted by atomic mass is 9.99. The summed E-state index contributed by atoms with van der Waals surface area (Å²) in [4.78, 5) is 32.2. The van der Waals surface area contributed by atoms with E-state index in [4.69, 9.17) is 5.11 Å². The van der Waals surface area contributed by atoms with Crippen molar-refractivity contribution < 1.29 is 14.7 Å². The Morgan fingerprint density at radius 1 is 1.41 bits per heavy atom. The van der Waals surface area contributed by atoms with Gasteiger partial charge in [-0.2, -0.15) is 0 Å². The Morgan fingerprint density at radius 3 is 2.71 bits per heavy atom. The molecule has 6 heteroatoms. The van der Waals surface area contributed by atoms with Crippen LogP contribution in [0.1, 0.15) is 17.4 Å². The van der Waals surface area contributed by atoms with Gasteiger partial charge < -0.3 is 10.0 Å². The van der Waals surface area contributed by atoms with Crippen LogP contribution in [0.15, 0.2) is 18.6 Å². The molecule has 1 saturated heterocycles. The highest BCUT2D eigenvalue weighted by atomic mass is 16.4. The average Bonchev–Trinajstić information content (AvgIpc) is 2.71. The molecule has 0 spiro atoms.